The molecule has 1 aromatic rings. The second kappa shape index (κ2) is 7.06. The maximum Gasteiger partial charge on any atom is 0.149 e. The summed E-state index contributed by atoms with van der Waals surface area (Å²) in [7, 11) is -2.99. The van der Waals surface area contributed by atoms with Crippen molar-refractivity contribution in [2.75, 3.05) is 18.6 Å². The van der Waals surface area contributed by atoms with E-state index in [1.807, 2.05) is 6.92 Å². The Kier molecular flexibility index (Phi) is 6.01. The fourth-order valence-corrected chi connectivity index (χ4v) is 3.27. The highest BCUT2D eigenvalue weighted by Crippen LogP contribution is 2.20. The van der Waals surface area contributed by atoms with Gasteiger partial charge in [0.05, 0.1) is 5.75 Å². The number of sulfone groups is 1. The molecule has 0 heterocycles. The van der Waals surface area contributed by atoms with Gasteiger partial charge < -0.3 is 5.32 Å². The third kappa shape index (κ3) is 4.96. The lowest BCUT2D eigenvalue weighted by atomic mass is 9.97. The minimum Gasteiger partial charge on any atom is -0.309 e. The highest BCUT2D eigenvalue weighted by molar-refractivity contribution is 7.90. The first kappa shape index (κ1) is 16.2. The van der Waals surface area contributed by atoms with Crippen LogP contribution in [0.1, 0.15) is 43.5 Å². The summed E-state index contributed by atoms with van der Waals surface area (Å²) < 4.78 is 23.1. The average molecular weight is 283 g/mol. The molecule has 0 aliphatic heterocycles. The Labute approximate surface area is 117 Å². The molecule has 0 fully saturated rings. The van der Waals surface area contributed by atoms with Gasteiger partial charge in [0.1, 0.15) is 9.84 Å². The summed E-state index contributed by atoms with van der Waals surface area (Å²) in [6.07, 6.45) is 3.29. The van der Waals surface area contributed by atoms with Crippen molar-refractivity contribution in [2.24, 2.45) is 0 Å². The summed E-state index contributed by atoms with van der Waals surface area (Å²) in [5.41, 5.74) is 3.73. The molecule has 19 heavy (non-hydrogen) atoms. The number of rotatable bonds is 7. The van der Waals surface area contributed by atoms with E-state index in [1.54, 1.807) is 0 Å². The summed E-state index contributed by atoms with van der Waals surface area (Å²) in [4.78, 5) is 0. The maximum absolute atomic E-state index is 11.5. The molecule has 0 bridgehead atoms. The fourth-order valence-electron chi connectivity index (χ4n) is 2.36. The van der Waals surface area contributed by atoms with Gasteiger partial charge in [-0.25, -0.2) is 8.42 Å². The van der Waals surface area contributed by atoms with Gasteiger partial charge in [-0.2, -0.15) is 0 Å². The van der Waals surface area contributed by atoms with Crippen molar-refractivity contribution in [1.29, 1.82) is 0 Å². The van der Waals surface area contributed by atoms with Gasteiger partial charge in [-0.3, -0.25) is 0 Å². The smallest absolute Gasteiger partial charge is 0.149 e. The van der Waals surface area contributed by atoms with Crippen molar-refractivity contribution < 1.29 is 8.42 Å². The van der Waals surface area contributed by atoms with Crippen LogP contribution in [0.4, 0.5) is 0 Å². The lowest BCUT2D eigenvalue weighted by molar-refractivity contribution is 0.563. The first-order valence-electron chi connectivity index (χ1n) is 6.94. The molecular weight excluding hydrogens is 258 g/mol. The van der Waals surface area contributed by atoms with Crippen molar-refractivity contribution in [3.05, 3.63) is 34.9 Å². The molecule has 4 heteroatoms. The molecule has 0 saturated carbocycles. The normalized spacial score (nSPS) is 13.5. The zero-order chi connectivity index (χ0) is 14.5. The Balaban J connectivity index is 3.08. The number of aryl methyl sites for hydroxylation is 2. The van der Waals surface area contributed by atoms with Gasteiger partial charge in [0.25, 0.3) is 0 Å². The molecule has 108 valence electrons. The summed E-state index contributed by atoms with van der Waals surface area (Å²) in [5.74, 6) is 0.148. The van der Waals surface area contributed by atoms with Crippen molar-refractivity contribution in [3.63, 3.8) is 0 Å². The van der Waals surface area contributed by atoms with E-state index in [0.717, 1.165) is 24.9 Å². The van der Waals surface area contributed by atoms with Gasteiger partial charge in [-0.05, 0) is 36.1 Å². The Bertz CT molecular complexity index is 509. The van der Waals surface area contributed by atoms with E-state index in [2.05, 4.69) is 37.4 Å². The van der Waals surface area contributed by atoms with Crippen molar-refractivity contribution in [1.82, 2.24) is 5.32 Å². The van der Waals surface area contributed by atoms with E-state index >= 15 is 0 Å². The van der Waals surface area contributed by atoms with Gasteiger partial charge in [-0.15, -0.1) is 0 Å². The van der Waals surface area contributed by atoms with Crippen molar-refractivity contribution in [2.45, 2.75) is 39.7 Å². The van der Waals surface area contributed by atoms with E-state index in [1.165, 1.54) is 17.4 Å². The van der Waals surface area contributed by atoms with Crippen LogP contribution in [-0.2, 0) is 22.7 Å². The van der Waals surface area contributed by atoms with E-state index < -0.39 is 9.84 Å². The highest BCUT2D eigenvalue weighted by atomic mass is 32.2. The minimum atomic E-state index is -2.99. The molecule has 0 aliphatic carbocycles. The predicted octanol–water partition coefficient (Wildman–Crippen LogP) is 2.51. The number of hydrogen-bond acceptors (Lipinski definition) is 3. The van der Waals surface area contributed by atoms with Gasteiger partial charge in [0, 0.05) is 12.3 Å². The topological polar surface area (TPSA) is 46.2 Å². The monoisotopic (exact) mass is 283 g/mol. The maximum atomic E-state index is 11.5. The molecule has 0 aliphatic rings. The average Bonchev–Trinajstić information content (AvgIpc) is 2.36. The minimum absolute atomic E-state index is 0.115. The molecule has 1 N–H and O–H groups in total. The third-order valence-corrected chi connectivity index (χ3v) is 4.25. The zero-order valence-corrected chi connectivity index (χ0v) is 13.2. The molecule has 1 rings (SSSR count). The van der Waals surface area contributed by atoms with Gasteiger partial charge in [0.2, 0.25) is 0 Å². The third-order valence-electron chi connectivity index (χ3n) is 3.31. The first-order chi connectivity index (χ1) is 8.91. The number of hydrogen-bond donors (Lipinski definition) is 1. The Morgan fingerprint density at radius 1 is 1.11 bits per heavy atom. The lowest BCUT2D eigenvalue weighted by Crippen LogP contribution is -2.27. The van der Waals surface area contributed by atoms with Crippen molar-refractivity contribution >= 4 is 9.84 Å². The van der Waals surface area contributed by atoms with Crippen LogP contribution in [0.15, 0.2) is 18.2 Å². The van der Waals surface area contributed by atoms with E-state index in [0.29, 0.717) is 0 Å². The van der Waals surface area contributed by atoms with Crippen LogP contribution in [0.3, 0.4) is 0 Å². The fraction of sp³-hybridized carbons (Fsp3) is 0.600. The van der Waals surface area contributed by atoms with Crippen LogP contribution in [0.5, 0.6) is 0 Å². The van der Waals surface area contributed by atoms with E-state index in [9.17, 15) is 8.42 Å². The molecule has 0 aromatic heterocycles. The molecule has 1 aromatic carbocycles. The molecule has 0 radical (unpaired) electrons. The Morgan fingerprint density at radius 3 is 2.21 bits per heavy atom. The second-order valence-electron chi connectivity index (χ2n) is 4.94. The lowest BCUT2D eigenvalue weighted by Gasteiger charge is -2.19. The predicted molar refractivity (Wildman–Crippen MR) is 81.3 cm³/mol. The number of benzene rings is 1. The van der Waals surface area contributed by atoms with Crippen molar-refractivity contribution in [3.8, 4) is 0 Å². The zero-order valence-electron chi connectivity index (χ0n) is 12.4. The first-order valence-corrected chi connectivity index (χ1v) is 9.00. The summed E-state index contributed by atoms with van der Waals surface area (Å²) in [6, 6.07) is 6.21. The van der Waals surface area contributed by atoms with Crippen LogP contribution in [0.25, 0.3) is 0 Å². The molecule has 1 atom stereocenters. The van der Waals surface area contributed by atoms with Crippen LogP contribution in [0.2, 0.25) is 0 Å². The molecule has 0 amide bonds. The summed E-state index contributed by atoms with van der Waals surface area (Å²) >= 11 is 0. The quantitative estimate of drug-likeness (QED) is 0.836. The van der Waals surface area contributed by atoms with Crippen LogP contribution >= 0.6 is 0 Å². The molecule has 3 nitrogen and oxygen atoms in total. The standard InChI is InChI=1S/C15H25NO2S/c1-5-12-8-9-14(10-13(12)6-2)15(16-7-3)11-19(4,17)18/h8-10,15-16H,5-7,11H2,1-4H3. The summed E-state index contributed by atoms with van der Waals surface area (Å²) in [5, 5.41) is 3.27. The summed E-state index contributed by atoms with van der Waals surface area (Å²) in [6.45, 7) is 7.04. The molecule has 0 saturated heterocycles. The van der Waals surface area contributed by atoms with Gasteiger partial charge in [0.15, 0.2) is 0 Å². The molecular formula is C15H25NO2S. The highest BCUT2D eigenvalue weighted by Gasteiger charge is 2.17. The molecule has 1 unspecified atom stereocenters. The second-order valence-corrected chi connectivity index (χ2v) is 7.12. The van der Waals surface area contributed by atoms with Gasteiger partial charge in [-0.1, -0.05) is 39.0 Å². The largest absolute Gasteiger partial charge is 0.309 e. The molecule has 0 spiro atoms. The SMILES string of the molecule is CCNC(CS(C)(=O)=O)c1ccc(CC)c(CC)c1. The van der Waals surface area contributed by atoms with Crippen LogP contribution in [0, 0.1) is 0 Å². The van der Waals surface area contributed by atoms with E-state index in [4.69, 9.17) is 0 Å². The van der Waals surface area contributed by atoms with Crippen LogP contribution in [-0.4, -0.2) is 27.0 Å². The van der Waals surface area contributed by atoms with Crippen LogP contribution < -0.4 is 5.32 Å². The van der Waals surface area contributed by atoms with E-state index in [-0.39, 0.29) is 11.8 Å². The number of nitrogens with one attached hydrogen (secondary N) is 1. The Hall–Kier alpha value is -0.870. The van der Waals surface area contributed by atoms with Gasteiger partial charge >= 0.3 is 0 Å². The Morgan fingerprint density at radius 2 is 1.74 bits per heavy atom.